The second-order valence-electron chi connectivity index (χ2n) is 6.83. The molecule has 0 amide bonds. The Kier molecular flexibility index (Phi) is 8.49. The van der Waals surface area contributed by atoms with Crippen LogP contribution in [0.5, 0.6) is 0 Å². The fourth-order valence-electron chi connectivity index (χ4n) is 3.21. The topological polar surface area (TPSA) is 188 Å². The lowest BCUT2D eigenvalue weighted by Crippen LogP contribution is -2.64. The molecule has 172 valence electrons. The van der Waals surface area contributed by atoms with Crippen molar-refractivity contribution in [2.24, 2.45) is 0 Å². The third-order valence-electron chi connectivity index (χ3n) is 4.44. The van der Waals surface area contributed by atoms with Crippen LogP contribution in [0.1, 0.15) is 20.8 Å². The molecular formula is C17H26O13. The molecule has 0 spiro atoms. The summed E-state index contributed by atoms with van der Waals surface area (Å²) in [6.07, 6.45) is -13.2. The Bertz CT molecular complexity index is 625. The molecule has 2 aliphatic rings. The molecular weight excluding hydrogens is 412 g/mol. The largest absolute Gasteiger partial charge is 0.457 e. The predicted molar refractivity (Wildman–Crippen MR) is 91.3 cm³/mol. The maximum atomic E-state index is 11.6. The zero-order valence-electron chi connectivity index (χ0n) is 16.6. The smallest absolute Gasteiger partial charge is 0.303 e. The van der Waals surface area contributed by atoms with Gasteiger partial charge in [0.2, 0.25) is 0 Å². The van der Waals surface area contributed by atoms with Crippen LogP contribution in [0.4, 0.5) is 0 Å². The maximum Gasteiger partial charge on any atom is 0.303 e. The number of esters is 3. The normalized spacial score (nSPS) is 39.1. The highest BCUT2D eigenvalue weighted by molar-refractivity contribution is 5.67. The van der Waals surface area contributed by atoms with Gasteiger partial charge in [-0.1, -0.05) is 0 Å². The molecule has 1 unspecified atom stereocenters. The third-order valence-corrected chi connectivity index (χ3v) is 4.44. The molecule has 30 heavy (non-hydrogen) atoms. The zero-order chi connectivity index (χ0) is 22.6. The molecule has 2 heterocycles. The summed E-state index contributed by atoms with van der Waals surface area (Å²) >= 11 is 0. The molecule has 2 rings (SSSR count). The van der Waals surface area contributed by atoms with Crippen molar-refractivity contribution in [1.29, 1.82) is 0 Å². The maximum absolute atomic E-state index is 11.6. The van der Waals surface area contributed by atoms with E-state index in [1.54, 1.807) is 0 Å². The van der Waals surface area contributed by atoms with E-state index in [1.807, 2.05) is 0 Å². The van der Waals surface area contributed by atoms with Crippen molar-refractivity contribution >= 4 is 17.9 Å². The Morgan fingerprint density at radius 1 is 0.867 bits per heavy atom. The molecule has 2 fully saturated rings. The van der Waals surface area contributed by atoms with E-state index in [0.717, 1.165) is 20.8 Å². The van der Waals surface area contributed by atoms with E-state index in [1.165, 1.54) is 0 Å². The number of hydrogen-bond acceptors (Lipinski definition) is 13. The number of carbonyl (C=O) groups is 3. The molecule has 0 aromatic rings. The van der Waals surface area contributed by atoms with Gasteiger partial charge in [0.1, 0.15) is 24.4 Å². The van der Waals surface area contributed by atoms with Gasteiger partial charge in [0.05, 0.1) is 13.2 Å². The molecule has 0 radical (unpaired) electrons. The van der Waals surface area contributed by atoms with Crippen LogP contribution in [-0.2, 0) is 42.8 Å². The molecule has 0 bridgehead atoms. The summed E-state index contributed by atoms with van der Waals surface area (Å²) < 4.78 is 31.1. The van der Waals surface area contributed by atoms with Gasteiger partial charge in [0.15, 0.2) is 30.9 Å². The van der Waals surface area contributed by atoms with Crippen LogP contribution in [0.25, 0.3) is 0 Å². The SMILES string of the molecule is CC(=O)O[C@@H]1[C@H](O[C@@H]2OC[C@@H](OC(C)=O)[C@H](O)[C@H]2O)[C@@H](CO)OC(O)[C@@H]1OC(C)=O. The molecule has 2 saturated heterocycles. The van der Waals surface area contributed by atoms with Crippen molar-refractivity contribution in [3.05, 3.63) is 0 Å². The van der Waals surface area contributed by atoms with Crippen LogP contribution >= 0.6 is 0 Å². The quantitative estimate of drug-likeness (QED) is 0.242. The number of hydrogen-bond donors (Lipinski definition) is 4. The first-order valence-electron chi connectivity index (χ1n) is 9.14. The van der Waals surface area contributed by atoms with Gasteiger partial charge in [-0.3, -0.25) is 14.4 Å². The predicted octanol–water partition coefficient (Wildman–Crippen LogP) is -3.05. The van der Waals surface area contributed by atoms with Crippen molar-refractivity contribution in [1.82, 2.24) is 0 Å². The molecule has 0 aromatic carbocycles. The fraction of sp³-hybridized carbons (Fsp3) is 0.824. The van der Waals surface area contributed by atoms with Gasteiger partial charge in [0, 0.05) is 20.8 Å². The monoisotopic (exact) mass is 438 g/mol. The zero-order valence-corrected chi connectivity index (χ0v) is 16.6. The second-order valence-corrected chi connectivity index (χ2v) is 6.83. The van der Waals surface area contributed by atoms with Crippen LogP contribution in [0, 0.1) is 0 Å². The van der Waals surface area contributed by atoms with Gasteiger partial charge in [0.25, 0.3) is 0 Å². The highest BCUT2D eigenvalue weighted by Crippen LogP contribution is 2.30. The average Bonchev–Trinajstić information content (AvgIpc) is 2.64. The summed E-state index contributed by atoms with van der Waals surface area (Å²) in [4.78, 5) is 34.1. The minimum absolute atomic E-state index is 0.325. The standard InChI is InChI=1S/C17H26O13/c1-6(19)26-10-5-25-17(12(23)11(10)22)30-13-9(4-18)29-16(24)15(28-8(3)21)14(13)27-7(2)20/h9-18,22-24H,4-5H2,1-3H3/t9-,10-,11+,12-,13-,14-,15-,16?,17+/m1/s1. The van der Waals surface area contributed by atoms with Crippen LogP contribution in [0.15, 0.2) is 0 Å². The lowest BCUT2D eigenvalue weighted by Gasteiger charge is -2.45. The molecule has 2 aliphatic heterocycles. The number of rotatable bonds is 6. The average molecular weight is 438 g/mol. The van der Waals surface area contributed by atoms with Crippen LogP contribution < -0.4 is 0 Å². The number of ether oxygens (including phenoxy) is 6. The molecule has 9 atom stereocenters. The molecule has 0 aromatic heterocycles. The van der Waals surface area contributed by atoms with Gasteiger partial charge < -0.3 is 48.8 Å². The van der Waals surface area contributed by atoms with Crippen LogP contribution in [-0.4, -0.2) is 107 Å². The first-order valence-corrected chi connectivity index (χ1v) is 9.14. The van der Waals surface area contributed by atoms with Gasteiger partial charge in [-0.2, -0.15) is 0 Å². The first kappa shape index (κ1) is 24.4. The van der Waals surface area contributed by atoms with E-state index in [0.29, 0.717) is 0 Å². The summed E-state index contributed by atoms with van der Waals surface area (Å²) in [6.45, 7) is 2.22. The Labute approximate surface area is 171 Å². The summed E-state index contributed by atoms with van der Waals surface area (Å²) in [6, 6.07) is 0. The Morgan fingerprint density at radius 2 is 1.43 bits per heavy atom. The van der Waals surface area contributed by atoms with Crippen molar-refractivity contribution in [3.8, 4) is 0 Å². The molecule has 13 nitrogen and oxygen atoms in total. The van der Waals surface area contributed by atoms with Gasteiger partial charge in [-0.25, -0.2) is 0 Å². The second kappa shape index (κ2) is 10.4. The minimum atomic E-state index is -1.74. The summed E-state index contributed by atoms with van der Waals surface area (Å²) in [5, 5.41) is 40.2. The highest BCUT2D eigenvalue weighted by atomic mass is 16.7. The summed E-state index contributed by atoms with van der Waals surface area (Å²) in [5.74, 6) is -2.31. The summed E-state index contributed by atoms with van der Waals surface area (Å²) in [5.41, 5.74) is 0. The van der Waals surface area contributed by atoms with Gasteiger partial charge in [-0.05, 0) is 0 Å². The number of aliphatic hydroxyl groups is 4. The first-order chi connectivity index (χ1) is 14.0. The number of aliphatic hydroxyl groups excluding tert-OH is 4. The fourth-order valence-corrected chi connectivity index (χ4v) is 3.21. The van der Waals surface area contributed by atoms with E-state index in [9.17, 15) is 34.8 Å². The van der Waals surface area contributed by atoms with E-state index < -0.39 is 79.8 Å². The van der Waals surface area contributed by atoms with Crippen molar-refractivity contribution < 1.29 is 63.2 Å². The summed E-state index contributed by atoms with van der Waals surface area (Å²) in [7, 11) is 0. The Hall–Kier alpha value is -1.87. The lowest BCUT2D eigenvalue weighted by molar-refractivity contribution is -0.344. The number of carbonyl (C=O) groups excluding carboxylic acids is 3. The molecule has 13 heteroatoms. The highest BCUT2D eigenvalue weighted by Gasteiger charge is 2.52. The lowest BCUT2D eigenvalue weighted by atomic mass is 9.97. The van der Waals surface area contributed by atoms with Gasteiger partial charge in [-0.15, -0.1) is 0 Å². The van der Waals surface area contributed by atoms with Gasteiger partial charge >= 0.3 is 17.9 Å². The Morgan fingerprint density at radius 3 is 1.97 bits per heavy atom. The van der Waals surface area contributed by atoms with Crippen molar-refractivity contribution in [2.45, 2.75) is 76.1 Å². The molecule has 0 saturated carbocycles. The van der Waals surface area contributed by atoms with Crippen LogP contribution in [0.3, 0.4) is 0 Å². The van der Waals surface area contributed by atoms with Crippen LogP contribution in [0.2, 0.25) is 0 Å². The van der Waals surface area contributed by atoms with Crippen molar-refractivity contribution in [2.75, 3.05) is 13.2 Å². The van der Waals surface area contributed by atoms with E-state index >= 15 is 0 Å². The van der Waals surface area contributed by atoms with E-state index in [4.69, 9.17) is 28.4 Å². The van der Waals surface area contributed by atoms with E-state index in [2.05, 4.69) is 0 Å². The Balaban J connectivity index is 2.22. The van der Waals surface area contributed by atoms with Crippen molar-refractivity contribution in [3.63, 3.8) is 0 Å². The molecule has 4 N–H and O–H groups in total. The third kappa shape index (κ3) is 5.85. The molecule has 0 aliphatic carbocycles. The van der Waals surface area contributed by atoms with E-state index in [-0.39, 0.29) is 6.61 Å². The minimum Gasteiger partial charge on any atom is -0.457 e.